The first kappa shape index (κ1) is 17.8. The molecule has 0 bridgehead atoms. The maximum atomic E-state index is 12.8. The van der Waals surface area contributed by atoms with Crippen LogP contribution in [0.4, 0.5) is 0 Å². The van der Waals surface area contributed by atoms with Crippen LogP contribution in [-0.2, 0) is 4.79 Å². The van der Waals surface area contributed by atoms with E-state index in [2.05, 4.69) is 19.1 Å². The highest BCUT2D eigenvalue weighted by atomic mass is 16.2. The molecule has 2 aromatic rings. The quantitative estimate of drug-likeness (QED) is 0.840. The van der Waals surface area contributed by atoms with E-state index in [-0.39, 0.29) is 17.7 Å². The summed E-state index contributed by atoms with van der Waals surface area (Å²) in [5.41, 5.74) is 4.33. The fourth-order valence-electron chi connectivity index (χ4n) is 3.96. The number of nitrogens with zero attached hydrogens (tertiary/aromatic N) is 2. The van der Waals surface area contributed by atoms with Crippen molar-refractivity contribution in [1.29, 1.82) is 0 Å². The molecule has 2 aliphatic rings. The minimum absolute atomic E-state index is 0.0683. The van der Waals surface area contributed by atoms with Crippen LogP contribution in [0.25, 0.3) is 0 Å². The normalized spacial score (nSPS) is 21.9. The lowest BCUT2D eigenvalue weighted by Crippen LogP contribution is -2.51. The van der Waals surface area contributed by atoms with E-state index in [0.717, 1.165) is 17.5 Å². The van der Waals surface area contributed by atoms with Gasteiger partial charge in [0.05, 0.1) is 0 Å². The van der Waals surface area contributed by atoms with Gasteiger partial charge >= 0.3 is 0 Å². The van der Waals surface area contributed by atoms with Gasteiger partial charge in [-0.3, -0.25) is 9.59 Å². The van der Waals surface area contributed by atoms with Gasteiger partial charge in [0, 0.05) is 37.7 Å². The van der Waals surface area contributed by atoms with Gasteiger partial charge in [0.2, 0.25) is 5.91 Å². The SMILES string of the molecule is Cc1ccc(C(=O)N2CCN(C(=O)C3CC3c3ccccc3)CC2)cc1C. The molecule has 0 aromatic heterocycles. The van der Waals surface area contributed by atoms with Gasteiger partial charge in [-0.15, -0.1) is 0 Å². The number of amides is 2. The third-order valence-corrected chi connectivity index (χ3v) is 5.97. The van der Waals surface area contributed by atoms with Crippen molar-refractivity contribution < 1.29 is 9.59 Å². The highest BCUT2D eigenvalue weighted by Crippen LogP contribution is 2.48. The Kier molecular flexibility index (Phi) is 4.73. The number of hydrogen-bond acceptors (Lipinski definition) is 2. The van der Waals surface area contributed by atoms with Crippen LogP contribution in [0.2, 0.25) is 0 Å². The highest BCUT2D eigenvalue weighted by Gasteiger charge is 2.46. The first-order valence-electron chi connectivity index (χ1n) is 9.75. The summed E-state index contributed by atoms with van der Waals surface area (Å²) in [5, 5.41) is 0. The van der Waals surface area contributed by atoms with Crippen LogP contribution >= 0.6 is 0 Å². The van der Waals surface area contributed by atoms with E-state index < -0.39 is 0 Å². The minimum Gasteiger partial charge on any atom is -0.339 e. The molecule has 4 heteroatoms. The molecule has 1 aliphatic carbocycles. The van der Waals surface area contributed by atoms with E-state index in [1.165, 1.54) is 11.1 Å². The molecule has 0 N–H and O–H groups in total. The average Bonchev–Trinajstić information content (AvgIpc) is 3.51. The molecule has 2 aromatic carbocycles. The zero-order chi connectivity index (χ0) is 19.0. The largest absolute Gasteiger partial charge is 0.339 e. The zero-order valence-electron chi connectivity index (χ0n) is 16.0. The summed E-state index contributed by atoms with van der Waals surface area (Å²) < 4.78 is 0. The molecule has 140 valence electrons. The third-order valence-electron chi connectivity index (χ3n) is 5.97. The van der Waals surface area contributed by atoms with Crippen LogP contribution in [-0.4, -0.2) is 47.8 Å². The molecule has 1 saturated heterocycles. The maximum absolute atomic E-state index is 12.8. The summed E-state index contributed by atoms with van der Waals surface area (Å²) in [6, 6.07) is 16.2. The zero-order valence-corrected chi connectivity index (χ0v) is 16.0. The second-order valence-electron chi connectivity index (χ2n) is 7.78. The summed E-state index contributed by atoms with van der Waals surface area (Å²) in [5.74, 6) is 0.809. The molecule has 27 heavy (non-hydrogen) atoms. The van der Waals surface area contributed by atoms with Crippen molar-refractivity contribution in [2.75, 3.05) is 26.2 Å². The van der Waals surface area contributed by atoms with Gasteiger partial charge in [0.1, 0.15) is 0 Å². The first-order chi connectivity index (χ1) is 13.0. The van der Waals surface area contributed by atoms with Gasteiger partial charge in [0.25, 0.3) is 5.91 Å². The summed E-state index contributed by atoms with van der Waals surface area (Å²) >= 11 is 0. The number of rotatable bonds is 3. The number of carbonyl (C=O) groups excluding carboxylic acids is 2. The Labute approximate surface area is 160 Å². The fourth-order valence-corrected chi connectivity index (χ4v) is 3.96. The Morgan fingerprint density at radius 2 is 1.52 bits per heavy atom. The average molecular weight is 362 g/mol. The molecular weight excluding hydrogens is 336 g/mol. The topological polar surface area (TPSA) is 40.6 Å². The molecule has 2 amide bonds. The molecule has 1 heterocycles. The van der Waals surface area contributed by atoms with Crippen molar-refractivity contribution in [3.63, 3.8) is 0 Å². The van der Waals surface area contributed by atoms with Gasteiger partial charge in [-0.25, -0.2) is 0 Å². The summed E-state index contributed by atoms with van der Waals surface area (Å²) in [6.45, 7) is 6.57. The first-order valence-corrected chi connectivity index (χ1v) is 9.75. The van der Waals surface area contributed by atoms with Gasteiger partial charge in [-0.1, -0.05) is 36.4 Å². The lowest BCUT2D eigenvalue weighted by Gasteiger charge is -2.35. The van der Waals surface area contributed by atoms with Crippen molar-refractivity contribution in [1.82, 2.24) is 9.80 Å². The number of benzene rings is 2. The molecule has 2 fully saturated rings. The molecule has 0 spiro atoms. The lowest BCUT2D eigenvalue weighted by atomic mass is 10.1. The molecule has 2 unspecified atom stereocenters. The van der Waals surface area contributed by atoms with Crippen molar-refractivity contribution in [3.8, 4) is 0 Å². The van der Waals surface area contributed by atoms with E-state index in [4.69, 9.17) is 0 Å². The summed E-state index contributed by atoms with van der Waals surface area (Å²) in [4.78, 5) is 29.4. The molecular formula is C23H26N2O2. The van der Waals surface area contributed by atoms with E-state index >= 15 is 0 Å². The second-order valence-corrected chi connectivity index (χ2v) is 7.78. The fraction of sp³-hybridized carbons (Fsp3) is 0.391. The van der Waals surface area contributed by atoms with Crippen LogP contribution in [0.1, 0.15) is 39.4 Å². The monoisotopic (exact) mass is 362 g/mol. The summed E-state index contributed by atoms with van der Waals surface area (Å²) in [6.07, 6.45) is 0.949. The minimum atomic E-state index is 0.0683. The van der Waals surface area contributed by atoms with Crippen LogP contribution in [0, 0.1) is 19.8 Å². The highest BCUT2D eigenvalue weighted by molar-refractivity contribution is 5.94. The van der Waals surface area contributed by atoms with E-state index in [0.29, 0.717) is 32.1 Å². The smallest absolute Gasteiger partial charge is 0.253 e. The maximum Gasteiger partial charge on any atom is 0.253 e. The predicted octanol–water partition coefficient (Wildman–Crippen LogP) is 3.39. The van der Waals surface area contributed by atoms with E-state index in [9.17, 15) is 9.59 Å². The third kappa shape index (κ3) is 3.61. The second kappa shape index (κ2) is 7.18. The van der Waals surface area contributed by atoms with Gasteiger partial charge in [-0.2, -0.15) is 0 Å². The van der Waals surface area contributed by atoms with Crippen LogP contribution < -0.4 is 0 Å². The Balaban J connectivity index is 1.33. The van der Waals surface area contributed by atoms with Gasteiger partial charge < -0.3 is 9.80 Å². The number of piperazine rings is 1. The standard InChI is InChI=1S/C23H26N2O2/c1-16-8-9-19(14-17(16)2)22(26)24-10-12-25(13-11-24)23(27)21-15-20(21)18-6-4-3-5-7-18/h3-9,14,20-21H,10-13,15H2,1-2H3. The van der Waals surface area contributed by atoms with Crippen LogP contribution in [0.15, 0.2) is 48.5 Å². The molecule has 4 nitrogen and oxygen atoms in total. The Morgan fingerprint density at radius 1 is 0.852 bits per heavy atom. The Morgan fingerprint density at radius 3 is 2.19 bits per heavy atom. The molecule has 1 saturated carbocycles. The molecule has 4 rings (SSSR count). The number of carbonyl (C=O) groups is 2. The van der Waals surface area contributed by atoms with Gasteiger partial charge in [-0.05, 0) is 55.0 Å². The summed E-state index contributed by atoms with van der Waals surface area (Å²) in [7, 11) is 0. The molecule has 0 radical (unpaired) electrons. The Hall–Kier alpha value is -2.62. The van der Waals surface area contributed by atoms with Crippen molar-refractivity contribution >= 4 is 11.8 Å². The molecule has 2 atom stereocenters. The predicted molar refractivity (Wildman–Crippen MR) is 106 cm³/mol. The number of hydrogen-bond donors (Lipinski definition) is 0. The lowest BCUT2D eigenvalue weighted by molar-refractivity contribution is -0.134. The van der Waals surface area contributed by atoms with Crippen LogP contribution in [0.3, 0.4) is 0 Å². The van der Waals surface area contributed by atoms with Crippen molar-refractivity contribution in [2.24, 2.45) is 5.92 Å². The van der Waals surface area contributed by atoms with Gasteiger partial charge in [0.15, 0.2) is 0 Å². The van der Waals surface area contributed by atoms with E-state index in [1.807, 2.05) is 53.1 Å². The number of aryl methyl sites for hydroxylation is 2. The van der Waals surface area contributed by atoms with Crippen molar-refractivity contribution in [2.45, 2.75) is 26.2 Å². The van der Waals surface area contributed by atoms with Crippen LogP contribution in [0.5, 0.6) is 0 Å². The van der Waals surface area contributed by atoms with Crippen molar-refractivity contribution in [3.05, 3.63) is 70.8 Å². The van der Waals surface area contributed by atoms with E-state index in [1.54, 1.807) is 0 Å². The Bertz CT molecular complexity index is 854. The molecule has 1 aliphatic heterocycles.